The molecule has 0 fully saturated rings. The van der Waals surface area contributed by atoms with Gasteiger partial charge in [-0.1, -0.05) is 159 Å². The molecule has 3 heteroatoms. The number of rotatable bonds is 8. The highest BCUT2D eigenvalue weighted by Crippen LogP contribution is 2.74. The number of fused-ring (bicyclic) bond motifs is 4. The number of benzene rings is 10. The number of hydrogen-bond donors (Lipinski definition) is 1. The smallest absolute Gasteiger partial charge is 0.104 e. The van der Waals surface area contributed by atoms with Gasteiger partial charge >= 0.3 is 0 Å². The number of nitrogens with one attached hydrogen (secondary N) is 1. The summed E-state index contributed by atoms with van der Waals surface area (Å²) in [6.45, 7) is 2.24. The Bertz CT molecular complexity index is 3080. The molecule has 0 saturated carbocycles. The lowest BCUT2D eigenvalue weighted by Gasteiger charge is -2.42. The Hall–Kier alpha value is -7.07. The molecular formula is C57H44N2S. The van der Waals surface area contributed by atoms with Crippen LogP contribution in [0.3, 0.4) is 0 Å². The van der Waals surface area contributed by atoms with Crippen LogP contribution in [0.2, 0.25) is 0 Å². The van der Waals surface area contributed by atoms with E-state index in [-0.39, 0.29) is 6.17 Å². The van der Waals surface area contributed by atoms with Gasteiger partial charge in [0.25, 0.3) is 0 Å². The summed E-state index contributed by atoms with van der Waals surface area (Å²) < 4.78 is 0. The summed E-state index contributed by atoms with van der Waals surface area (Å²) >= 11 is 0. The molecule has 1 unspecified atom stereocenters. The highest BCUT2D eigenvalue weighted by molar-refractivity contribution is 8.34. The number of nitrogens with zero attached hydrogens (tertiary/aromatic N) is 1. The monoisotopic (exact) mass is 788 g/mol. The maximum absolute atomic E-state index is 3.72. The van der Waals surface area contributed by atoms with E-state index >= 15 is 0 Å². The summed E-state index contributed by atoms with van der Waals surface area (Å²) in [6.07, 6.45) is 1.21. The predicted molar refractivity (Wildman–Crippen MR) is 256 cm³/mol. The summed E-state index contributed by atoms with van der Waals surface area (Å²) in [5.41, 5.74) is 8.58. The van der Waals surface area contributed by atoms with Crippen LogP contribution in [0.1, 0.15) is 13.3 Å². The fraction of sp³-hybridized carbons (Fsp3) is 0.0526. The zero-order valence-corrected chi connectivity index (χ0v) is 34.3. The summed E-state index contributed by atoms with van der Waals surface area (Å²) in [5.74, 6) is 0. The van der Waals surface area contributed by atoms with E-state index in [0.717, 1.165) is 6.42 Å². The van der Waals surface area contributed by atoms with Gasteiger partial charge in [0.05, 0.1) is 11.4 Å². The van der Waals surface area contributed by atoms with Crippen molar-refractivity contribution in [3.63, 3.8) is 0 Å². The van der Waals surface area contributed by atoms with Gasteiger partial charge in [0.15, 0.2) is 0 Å². The number of para-hydroxylation sites is 2. The normalized spacial score (nSPS) is 14.0. The van der Waals surface area contributed by atoms with Gasteiger partial charge in [0.2, 0.25) is 0 Å². The maximum atomic E-state index is 3.72. The first kappa shape index (κ1) is 36.0. The third-order valence-electron chi connectivity index (χ3n) is 12.3. The van der Waals surface area contributed by atoms with Gasteiger partial charge in [-0.15, -0.1) is 10.0 Å². The minimum atomic E-state index is -1.94. The van der Waals surface area contributed by atoms with Gasteiger partial charge in [-0.05, 0) is 134 Å². The molecule has 10 aromatic carbocycles. The Kier molecular flexibility index (Phi) is 8.98. The van der Waals surface area contributed by atoms with Gasteiger partial charge in [0, 0.05) is 25.3 Å². The standard InChI is InChI=1S/C57H44N2S/c1-2-55-58-53-30-15-16-31-54(53)59(55)44-35-32-41(33-36-44)56-49-26-11-13-28-51(49)57(52-29-14-12-27-50(52)56)43-20-17-25-47(39-43)60(45-21-5-3-6-22-45,46-23-7-4-8-24-46)48-37-34-40-18-9-10-19-42(40)38-48/h3-39,55,58H,2H2,1H3. The molecule has 0 spiro atoms. The lowest BCUT2D eigenvalue weighted by atomic mass is 9.86. The third kappa shape index (κ3) is 5.80. The van der Waals surface area contributed by atoms with Crippen LogP contribution in [0.25, 0.3) is 54.6 Å². The second-order valence-corrected chi connectivity index (χ2v) is 18.7. The second kappa shape index (κ2) is 14.9. The summed E-state index contributed by atoms with van der Waals surface area (Å²) in [4.78, 5) is 7.70. The second-order valence-electron chi connectivity index (χ2n) is 15.6. The SMILES string of the molecule is CCC1Nc2ccccc2N1c1ccc(-c2c3ccccc3c(-c3cccc(S(c4ccccc4)(c4ccccc4)c4ccc5ccccc5c4)c3)c3ccccc23)cc1. The molecule has 1 aliphatic heterocycles. The van der Waals surface area contributed by atoms with Crippen LogP contribution in [0.4, 0.5) is 17.1 Å². The fourth-order valence-electron chi connectivity index (χ4n) is 9.63. The lowest BCUT2D eigenvalue weighted by molar-refractivity contribution is 0.728. The van der Waals surface area contributed by atoms with Crippen molar-refractivity contribution in [3.8, 4) is 22.3 Å². The molecule has 0 radical (unpaired) electrons. The molecule has 10 aromatic rings. The van der Waals surface area contributed by atoms with E-state index < -0.39 is 10.0 Å². The molecule has 0 bridgehead atoms. The minimum absolute atomic E-state index is 0.218. The van der Waals surface area contributed by atoms with Crippen molar-refractivity contribution in [1.29, 1.82) is 0 Å². The van der Waals surface area contributed by atoms with Crippen molar-refractivity contribution >= 4 is 59.4 Å². The number of anilines is 3. The average Bonchev–Trinajstić information content (AvgIpc) is 3.71. The van der Waals surface area contributed by atoms with Crippen LogP contribution in [-0.4, -0.2) is 6.17 Å². The van der Waals surface area contributed by atoms with Gasteiger partial charge in [-0.3, -0.25) is 0 Å². The van der Waals surface area contributed by atoms with Crippen LogP contribution >= 0.6 is 10.0 Å². The first-order chi connectivity index (χ1) is 29.7. The van der Waals surface area contributed by atoms with Gasteiger partial charge in [0.1, 0.15) is 6.17 Å². The van der Waals surface area contributed by atoms with Crippen molar-refractivity contribution < 1.29 is 0 Å². The third-order valence-corrected chi connectivity index (χ3v) is 16.2. The number of hydrogen-bond acceptors (Lipinski definition) is 2. The van der Waals surface area contributed by atoms with Crippen molar-refractivity contribution in [1.82, 2.24) is 0 Å². The van der Waals surface area contributed by atoms with Crippen molar-refractivity contribution in [2.75, 3.05) is 10.2 Å². The predicted octanol–water partition coefficient (Wildman–Crippen LogP) is 16.1. The fourth-order valence-corrected chi connectivity index (χ4v) is 13.6. The molecule has 11 rings (SSSR count). The molecule has 0 aromatic heterocycles. The Morgan fingerprint density at radius 2 is 0.933 bits per heavy atom. The lowest BCUT2D eigenvalue weighted by Crippen LogP contribution is -2.30. The van der Waals surface area contributed by atoms with E-state index in [0.29, 0.717) is 0 Å². The van der Waals surface area contributed by atoms with Crippen LogP contribution < -0.4 is 10.2 Å². The molecule has 1 aliphatic rings. The zero-order chi connectivity index (χ0) is 40.0. The molecule has 0 saturated heterocycles. The zero-order valence-electron chi connectivity index (χ0n) is 33.5. The molecule has 288 valence electrons. The molecule has 60 heavy (non-hydrogen) atoms. The van der Waals surface area contributed by atoms with Gasteiger partial charge in [-0.2, -0.15) is 0 Å². The summed E-state index contributed by atoms with van der Waals surface area (Å²) in [7, 11) is -1.94. The first-order valence-corrected chi connectivity index (χ1v) is 22.6. The van der Waals surface area contributed by atoms with Crippen LogP contribution in [0.5, 0.6) is 0 Å². The van der Waals surface area contributed by atoms with Crippen molar-refractivity contribution in [2.45, 2.75) is 39.1 Å². The topological polar surface area (TPSA) is 15.3 Å². The van der Waals surface area contributed by atoms with E-state index in [4.69, 9.17) is 0 Å². The summed E-state index contributed by atoms with van der Waals surface area (Å²) in [5, 5.41) is 11.2. The Morgan fingerprint density at radius 3 is 1.57 bits per heavy atom. The Labute approximate surface area is 353 Å². The average molecular weight is 789 g/mol. The van der Waals surface area contributed by atoms with E-state index in [1.165, 1.54) is 91.2 Å². The highest BCUT2D eigenvalue weighted by atomic mass is 32.3. The van der Waals surface area contributed by atoms with E-state index in [1.807, 2.05) is 0 Å². The first-order valence-electron chi connectivity index (χ1n) is 20.9. The van der Waals surface area contributed by atoms with Crippen LogP contribution in [0, 0.1) is 0 Å². The molecular weight excluding hydrogens is 745 g/mol. The summed E-state index contributed by atoms with van der Waals surface area (Å²) in [6, 6.07) is 83.5. The van der Waals surface area contributed by atoms with E-state index in [1.54, 1.807) is 0 Å². The van der Waals surface area contributed by atoms with E-state index in [2.05, 4.69) is 242 Å². The molecule has 0 aliphatic carbocycles. The Balaban J connectivity index is 1.12. The minimum Gasteiger partial charge on any atom is -0.363 e. The van der Waals surface area contributed by atoms with Gasteiger partial charge < -0.3 is 10.2 Å². The molecule has 0 amide bonds. The van der Waals surface area contributed by atoms with Crippen molar-refractivity contribution in [2.24, 2.45) is 0 Å². The molecule has 2 nitrogen and oxygen atoms in total. The van der Waals surface area contributed by atoms with E-state index in [9.17, 15) is 0 Å². The van der Waals surface area contributed by atoms with Gasteiger partial charge in [-0.25, -0.2) is 0 Å². The maximum Gasteiger partial charge on any atom is 0.104 e. The van der Waals surface area contributed by atoms with Crippen molar-refractivity contribution in [3.05, 3.63) is 224 Å². The highest BCUT2D eigenvalue weighted by Gasteiger charge is 2.34. The Morgan fingerprint density at radius 1 is 0.417 bits per heavy atom. The quantitative estimate of drug-likeness (QED) is 0.154. The molecule has 1 heterocycles. The molecule has 1 N–H and O–H groups in total. The van der Waals surface area contributed by atoms with Crippen LogP contribution in [-0.2, 0) is 0 Å². The molecule has 1 atom stereocenters. The largest absolute Gasteiger partial charge is 0.363 e. The van der Waals surface area contributed by atoms with Crippen LogP contribution in [0.15, 0.2) is 244 Å².